The molecule has 0 unspecified atom stereocenters. The fraction of sp³-hybridized carbons (Fsp3) is 0.231. The first kappa shape index (κ1) is 16.4. The maximum Gasteiger partial charge on any atom is 0.246 e. The number of aryl methyl sites for hydroxylation is 1. The van der Waals surface area contributed by atoms with Crippen molar-refractivity contribution in [1.29, 1.82) is 0 Å². The van der Waals surface area contributed by atoms with E-state index in [1.165, 1.54) is 24.5 Å². The second-order valence-corrected chi connectivity index (χ2v) is 8.47. The van der Waals surface area contributed by atoms with Gasteiger partial charge in [-0.05, 0) is 52.0 Å². The van der Waals surface area contributed by atoms with Crippen molar-refractivity contribution in [2.45, 2.75) is 18.4 Å². The minimum atomic E-state index is -3.95. The lowest BCUT2D eigenvalue weighted by Gasteiger charge is -2.18. The first-order valence-electron chi connectivity index (χ1n) is 5.97. The Hall–Kier alpha value is -0.960. The van der Waals surface area contributed by atoms with E-state index in [0.717, 1.165) is 20.8 Å². The van der Waals surface area contributed by atoms with Crippen molar-refractivity contribution in [1.82, 2.24) is 4.31 Å². The third-order valence-electron chi connectivity index (χ3n) is 3.04. The number of nitrogen functional groups attached to an aromatic ring is 1. The van der Waals surface area contributed by atoms with Gasteiger partial charge in [0, 0.05) is 24.2 Å². The van der Waals surface area contributed by atoms with E-state index in [1.54, 1.807) is 0 Å². The minimum Gasteiger partial charge on any atom is -0.399 e. The van der Waals surface area contributed by atoms with Crippen molar-refractivity contribution >= 4 is 43.0 Å². The predicted octanol–water partition coefficient (Wildman–Crippen LogP) is 3.36. The Morgan fingerprint density at radius 3 is 2.67 bits per heavy atom. The van der Waals surface area contributed by atoms with Gasteiger partial charge in [0.05, 0.1) is 4.47 Å². The fourth-order valence-corrected chi connectivity index (χ4v) is 4.70. The van der Waals surface area contributed by atoms with Crippen LogP contribution < -0.4 is 5.73 Å². The molecule has 2 N–H and O–H groups in total. The molecule has 0 saturated carbocycles. The Balaban J connectivity index is 2.40. The predicted molar refractivity (Wildman–Crippen MR) is 86.2 cm³/mol. The molecule has 0 aliphatic carbocycles. The standard InChI is InChI=1S/C13H14BrFN2O2S2/c1-8-3-4-20-11(8)7-17(2)21(18,19)12-6-9(16)5-10(14)13(12)15/h3-6H,7,16H2,1-2H3. The van der Waals surface area contributed by atoms with Gasteiger partial charge < -0.3 is 5.73 Å². The number of anilines is 1. The van der Waals surface area contributed by atoms with Gasteiger partial charge in [0.1, 0.15) is 4.90 Å². The van der Waals surface area contributed by atoms with Crippen molar-refractivity contribution in [3.63, 3.8) is 0 Å². The van der Waals surface area contributed by atoms with E-state index in [-0.39, 0.29) is 16.7 Å². The SMILES string of the molecule is Cc1ccsc1CN(C)S(=O)(=O)c1cc(N)cc(Br)c1F. The number of hydrogen-bond acceptors (Lipinski definition) is 4. The van der Waals surface area contributed by atoms with Crippen molar-refractivity contribution in [3.8, 4) is 0 Å². The summed E-state index contributed by atoms with van der Waals surface area (Å²) in [5.74, 6) is -0.834. The zero-order valence-corrected chi connectivity index (χ0v) is 14.6. The van der Waals surface area contributed by atoms with Crippen LogP contribution in [0.4, 0.5) is 10.1 Å². The highest BCUT2D eigenvalue weighted by molar-refractivity contribution is 9.10. The van der Waals surface area contributed by atoms with E-state index in [4.69, 9.17) is 5.73 Å². The van der Waals surface area contributed by atoms with Crippen molar-refractivity contribution < 1.29 is 12.8 Å². The summed E-state index contributed by atoms with van der Waals surface area (Å²) in [6, 6.07) is 4.38. The molecule has 2 rings (SSSR count). The van der Waals surface area contributed by atoms with Gasteiger partial charge in [-0.15, -0.1) is 11.3 Å². The third kappa shape index (κ3) is 3.28. The van der Waals surface area contributed by atoms with Gasteiger partial charge in [-0.1, -0.05) is 0 Å². The minimum absolute atomic E-state index is 0.0294. The summed E-state index contributed by atoms with van der Waals surface area (Å²) < 4.78 is 40.3. The summed E-state index contributed by atoms with van der Waals surface area (Å²) in [5.41, 5.74) is 6.80. The largest absolute Gasteiger partial charge is 0.399 e. The maximum atomic E-state index is 14.1. The van der Waals surface area contributed by atoms with Crippen LogP contribution in [0.2, 0.25) is 0 Å². The van der Waals surface area contributed by atoms with Crippen molar-refractivity contribution in [2.24, 2.45) is 0 Å². The van der Waals surface area contributed by atoms with Crippen LogP contribution in [-0.4, -0.2) is 19.8 Å². The van der Waals surface area contributed by atoms with Crippen LogP contribution in [0, 0.1) is 12.7 Å². The lowest BCUT2D eigenvalue weighted by Crippen LogP contribution is -2.27. The van der Waals surface area contributed by atoms with Gasteiger partial charge in [0.2, 0.25) is 10.0 Å². The first-order chi connectivity index (χ1) is 9.73. The molecule has 1 aromatic heterocycles. The molecule has 0 amide bonds. The van der Waals surface area contributed by atoms with Gasteiger partial charge in [-0.25, -0.2) is 12.8 Å². The molecule has 0 saturated heterocycles. The Kier molecular flexibility index (Phi) is 4.72. The molecule has 1 aromatic carbocycles. The molecule has 0 radical (unpaired) electrons. The lowest BCUT2D eigenvalue weighted by molar-refractivity contribution is 0.461. The number of benzene rings is 1. The molecule has 2 aromatic rings. The summed E-state index contributed by atoms with van der Waals surface area (Å²) in [7, 11) is -2.53. The topological polar surface area (TPSA) is 63.4 Å². The Labute approximate surface area is 135 Å². The number of halogens is 2. The van der Waals surface area contributed by atoms with Crippen LogP contribution in [0.25, 0.3) is 0 Å². The van der Waals surface area contributed by atoms with Crippen LogP contribution in [0.5, 0.6) is 0 Å². The van der Waals surface area contributed by atoms with E-state index >= 15 is 0 Å². The van der Waals surface area contributed by atoms with Crippen LogP contribution in [0.1, 0.15) is 10.4 Å². The zero-order chi connectivity index (χ0) is 15.8. The first-order valence-corrected chi connectivity index (χ1v) is 9.08. The maximum absolute atomic E-state index is 14.1. The monoisotopic (exact) mass is 392 g/mol. The Morgan fingerprint density at radius 1 is 1.43 bits per heavy atom. The van der Waals surface area contributed by atoms with E-state index < -0.39 is 20.7 Å². The van der Waals surface area contributed by atoms with E-state index in [2.05, 4.69) is 15.9 Å². The van der Waals surface area contributed by atoms with Crippen LogP contribution >= 0.6 is 27.3 Å². The summed E-state index contributed by atoms with van der Waals surface area (Å²) in [5, 5.41) is 1.89. The molecule has 0 bridgehead atoms. The highest BCUT2D eigenvalue weighted by Crippen LogP contribution is 2.29. The lowest BCUT2D eigenvalue weighted by atomic mass is 10.3. The summed E-state index contributed by atoms with van der Waals surface area (Å²) in [4.78, 5) is 0.496. The number of nitrogens with zero attached hydrogens (tertiary/aromatic N) is 1. The Morgan fingerprint density at radius 2 is 2.10 bits per heavy atom. The molecule has 8 heteroatoms. The summed E-state index contributed by atoms with van der Waals surface area (Å²) in [6.07, 6.45) is 0. The normalized spacial score (nSPS) is 12.0. The van der Waals surface area contributed by atoms with Gasteiger partial charge in [-0.3, -0.25) is 0 Å². The fourth-order valence-electron chi connectivity index (χ4n) is 1.79. The van der Waals surface area contributed by atoms with Gasteiger partial charge in [0.25, 0.3) is 0 Å². The molecule has 0 atom stereocenters. The molecule has 0 aliphatic heterocycles. The van der Waals surface area contributed by atoms with Crippen LogP contribution in [0.3, 0.4) is 0 Å². The number of hydrogen-bond donors (Lipinski definition) is 1. The number of thiophene rings is 1. The quantitative estimate of drug-likeness (QED) is 0.811. The number of sulfonamides is 1. The summed E-state index contributed by atoms with van der Waals surface area (Å²) in [6.45, 7) is 2.10. The third-order valence-corrected chi connectivity index (χ3v) is 6.43. The number of nitrogens with two attached hydrogens (primary N) is 1. The molecular weight excluding hydrogens is 379 g/mol. The van der Waals surface area contributed by atoms with Gasteiger partial charge in [-0.2, -0.15) is 4.31 Å². The smallest absolute Gasteiger partial charge is 0.246 e. The molecule has 0 aliphatic rings. The summed E-state index contributed by atoms with van der Waals surface area (Å²) >= 11 is 4.44. The van der Waals surface area contributed by atoms with Crippen LogP contribution in [0.15, 0.2) is 32.9 Å². The number of rotatable bonds is 4. The average Bonchev–Trinajstić information content (AvgIpc) is 2.79. The zero-order valence-electron chi connectivity index (χ0n) is 11.4. The second kappa shape index (κ2) is 6.04. The van der Waals surface area contributed by atoms with E-state index in [1.807, 2.05) is 18.4 Å². The molecule has 0 fully saturated rings. The van der Waals surface area contributed by atoms with Crippen LogP contribution in [-0.2, 0) is 16.6 Å². The average molecular weight is 393 g/mol. The highest BCUT2D eigenvalue weighted by Gasteiger charge is 2.27. The van der Waals surface area contributed by atoms with Crippen molar-refractivity contribution in [3.05, 3.63) is 44.3 Å². The van der Waals surface area contributed by atoms with Gasteiger partial charge >= 0.3 is 0 Å². The molecule has 21 heavy (non-hydrogen) atoms. The Bertz CT molecular complexity index is 774. The van der Waals surface area contributed by atoms with Gasteiger partial charge in [0.15, 0.2) is 5.82 Å². The highest BCUT2D eigenvalue weighted by atomic mass is 79.9. The van der Waals surface area contributed by atoms with E-state index in [9.17, 15) is 12.8 Å². The molecule has 4 nitrogen and oxygen atoms in total. The molecule has 0 spiro atoms. The second-order valence-electron chi connectivity index (χ2n) is 4.60. The van der Waals surface area contributed by atoms with Crippen molar-refractivity contribution in [2.75, 3.05) is 12.8 Å². The molecule has 114 valence electrons. The molecule has 1 heterocycles. The molecular formula is C13H14BrFN2O2S2. The van der Waals surface area contributed by atoms with E-state index in [0.29, 0.717) is 0 Å².